The largest absolute Gasteiger partial charge is 0.373 e. The number of nitrogen functional groups attached to an aromatic ring is 1. The Morgan fingerprint density at radius 2 is 2.07 bits per heavy atom. The Kier molecular flexibility index (Phi) is 1.89. The van der Waals surface area contributed by atoms with E-state index < -0.39 is 0 Å². The molecule has 0 atom stereocenters. The summed E-state index contributed by atoms with van der Waals surface area (Å²) in [7, 11) is 1.73. The van der Waals surface area contributed by atoms with Gasteiger partial charge in [0.2, 0.25) is 0 Å². The zero-order chi connectivity index (χ0) is 10.1. The Morgan fingerprint density at radius 1 is 1.36 bits per heavy atom. The molecule has 0 saturated carbocycles. The average Bonchev–Trinajstić information content (AvgIpc) is 2.23. The van der Waals surface area contributed by atoms with E-state index in [0.29, 0.717) is 11.2 Å². The molecule has 1 aromatic carbocycles. The Hall–Kier alpha value is -1.97. The van der Waals surface area contributed by atoms with Crippen LogP contribution in [0, 0.1) is 0 Å². The smallest absolute Gasteiger partial charge is 0.278 e. The van der Waals surface area contributed by atoms with Crippen LogP contribution in [-0.4, -0.2) is 11.7 Å². The van der Waals surface area contributed by atoms with Crippen molar-refractivity contribution in [2.45, 2.75) is 0 Å². The van der Waals surface area contributed by atoms with Gasteiger partial charge in [0.25, 0.3) is 5.56 Å². The van der Waals surface area contributed by atoms with Crippen LogP contribution >= 0.6 is 0 Å². The maximum atomic E-state index is 11.7. The van der Waals surface area contributed by atoms with Gasteiger partial charge in [-0.2, -0.15) is 0 Å². The van der Waals surface area contributed by atoms with E-state index in [2.05, 4.69) is 5.32 Å². The minimum atomic E-state index is -0.188. The van der Waals surface area contributed by atoms with E-state index in [0.717, 1.165) is 10.1 Å². The summed E-state index contributed by atoms with van der Waals surface area (Å²) in [6.45, 7) is 0. The summed E-state index contributed by atoms with van der Waals surface area (Å²) in [5, 5.41) is 4.39. The number of pyridine rings is 1. The topological polar surface area (TPSA) is 60.0 Å². The number of fused-ring (bicyclic) bond motifs is 1. The second-order valence-electron chi connectivity index (χ2n) is 3.04. The molecular weight excluding hydrogens is 178 g/mol. The molecule has 0 saturated heterocycles. The van der Waals surface area contributed by atoms with Gasteiger partial charge < -0.3 is 11.2 Å². The van der Waals surface area contributed by atoms with Crippen molar-refractivity contribution in [2.24, 2.45) is 0 Å². The molecule has 4 nitrogen and oxygen atoms in total. The van der Waals surface area contributed by atoms with Gasteiger partial charge >= 0.3 is 0 Å². The van der Waals surface area contributed by atoms with Gasteiger partial charge in [-0.25, -0.2) is 4.68 Å². The molecule has 0 fully saturated rings. The van der Waals surface area contributed by atoms with Gasteiger partial charge in [-0.3, -0.25) is 4.79 Å². The second kappa shape index (κ2) is 3.06. The molecule has 4 heteroatoms. The highest BCUT2D eigenvalue weighted by atomic mass is 16.1. The third-order valence-corrected chi connectivity index (χ3v) is 2.22. The zero-order valence-electron chi connectivity index (χ0n) is 7.82. The molecule has 2 rings (SSSR count). The Labute approximate surface area is 80.9 Å². The number of hydrogen-bond donors (Lipinski definition) is 2. The van der Waals surface area contributed by atoms with Crippen molar-refractivity contribution in [1.82, 2.24) is 4.68 Å². The van der Waals surface area contributed by atoms with Gasteiger partial charge in [0.1, 0.15) is 5.82 Å². The van der Waals surface area contributed by atoms with Crippen LogP contribution in [0.2, 0.25) is 0 Å². The molecule has 2 aromatic rings. The lowest BCUT2D eigenvalue weighted by molar-refractivity contribution is 0.957. The number of nitrogens with two attached hydrogens (primary N) is 1. The maximum Gasteiger partial charge on any atom is 0.278 e. The fraction of sp³-hybridized carbons (Fsp3) is 0.100. The van der Waals surface area contributed by atoms with E-state index in [1.165, 1.54) is 0 Å². The first-order valence-electron chi connectivity index (χ1n) is 4.31. The monoisotopic (exact) mass is 189 g/mol. The minimum Gasteiger partial charge on any atom is -0.373 e. The highest BCUT2D eigenvalue weighted by molar-refractivity contribution is 5.83. The van der Waals surface area contributed by atoms with E-state index in [-0.39, 0.29) is 5.56 Å². The SMILES string of the molecule is CNc1cc2ccccc2c(=O)n1N. The molecule has 3 N–H and O–H groups in total. The highest BCUT2D eigenvalue weighted by Crippen LogP contribution is 2.12. The van der Waals surface area contributed by atoms with Gasteiger partial charge in [-0.15, -0.1) is 0 Å². The van der Waals surface area contributed by atoms with Crippen LogP contribution in [0.4, 0.5) is 5.82 Å². The Morgan fingerprint density at radius 3 is 2.79 bits per heavy atom. The molecule has 1 aromatic heterocycles. The van der Waals surface area contributed by atoms with Crippen LogP contribution < -0.4 is 16.7 Å². The molecule has 0 unspecified atom stereocenters. The summed E-state index contributed by atoms with van der Waals surface area (Å²) in [6.07, 6.45) is 0. The first-order valence-corrected chi connectivity index (χ1v) is 4.31. The summed E-state index contributed by atoms with van der Waals surface area (Å²) in [4.78, 5) is 11.7. The van der Waals surface area contributed by atoms with E-state index in [1.807, 2.05) is 24.3 Å². The van der Waals surface area contributed by atoms with Gasteiger partial charge in [0, 0.05) is 12.4 Å². The van der Waals surface area contributed by atoms with Crippen LogP contribution in [0.25, 0.3) is 10.8 Å². The lowest BCUT2D eigenvalue weighted by atomic mass is 10.2. The number of hydrogen-bond acceptors (Lipinski definition) is 3. The average molecular weight is 189 g/mol. The summed E-state index contributed by atoms with van der Waals surface area (Å²) >= 11 is 0. The molecule has 14 heavy (non-hydrogen) atoms. The second-order valence-corrected chi connectivity index (χ2v) is 3.04. The minimum absolute atomic E-state index is 0.188. The zero-order valence-corrected chi connectivity index (χ0v) is 7.82. The maximum absolute atomic E-state index is 11.7. The summed E-state index contributed by atoms with van der Waals surface area (Å²) in [6, 6.07) is 9.21. The molecule has 72 valence electrons. The van der Waals surface area contributed by atoms with Crippen molar-refractivity contribution in [3.05, 3.63) is 40.7 Å². The van der Waals surface area contributed by atoms with Gasteiger partial charge in [-0.1, -0.05) is 18.2 Å². The number of anilines is 1. The third-order valence-electron chi connectivity index (χ3n) is 2.22. The van der Waals surface area contributed by atoms with E-state index >= 15 is 0 Å². The quantitative estimate of drug-likeness (QED) is 0.651. The summed E-state index contributed by atoms with van der Waals surface area (Å²) < 4.78 is 1.11. The van der Waals surface area contributed by atoms with Crippen LogP contribution in [0.3, 0.4) is 0 Å². The molecular formula is C10H11N3O. The van der Waals surface area contributed by atoms with Gasteiger partial charge in [0.05, 0.1) is 0 Å². The molecule has 0 bridgehead atoms. The first-order chi connectivity index (χ1) is 6.74. The molecule has 0 amide bonds. The van der Waals surface area contributed by atoms with E-state index in [9.17, 15) is 4.79 Å². The predicted octanol–water partition coefficient (Wildman–Crippen LogP) is 0.757. The van der Waals surface area contributed by atoms with Gasteiger partial charge in [0.15, 0.2) is 0 Å². The first kappa shape index (κ1) is 8.62. The van der Waals surface area contributed by atoms with Crippen molar-refractivity contribution in [3.63, 3.8) is 0 Å². The normalized spacial score (nSPS) is 10.4. The molecule has 0 spiro atoms. The fourth-order valence-corrected chi connectivity index (χ4v) is 1.47. The third kappa shape index (κ3) is 1.12. The van der Waals surface area contributed by atoms with Crippen molar-refractivity contribution in [1.29, 1.82) is 0 Å². The van der Waals surface area contributed by atoms with Crippen molar-refractivity contribution in [3.8, 4) is 0 Å². The molecule has 1 heterocycles. The van der Waals surface area contributed by atoms with Crippen molar-refractivity contribution < 1.29 is 0 Å². The van der Waals surface area contributed by atoms with Crippen molar-refractivity contribution >= 4 is 16.6 Å². The molecule has 0 aliphatic carbocycles. The molecule has 0 aliphatic rings. The van der Waals surface area contributed by atoms with Crippen LogP contribution in [0.15, 0.2) is 35.1 Å². The van der Waals surface area contributed by atoms with E-state index in [1.54, 1.807) is 13.1 Å². The molecule has 0 radical (unpaired) electrons. The Bertz CT molecular complexity index is 530. The molecule has 0 aliphatic heterocycles. The lowest BCUT2D eigenvalue weighted by Gasteiger charge is -2.08. The highest BCUT2D eigenvalue weighted by Gasteiger charge is 2.03. The standard InChI is InChI=1S/C10H11N3O/c1-12-9-6-7-4-2-3-5-8(7)10(14)13(9)11/h2-6,12H,11H2,1H3. The van der Waals surface area contributed by atoms with E-state index in [4.69, 9.17) is 5.84 Å². The number of nitrogens with one attached hydrogen (secondary N) is 1. The summed E-state index contributed by atoms with van der Waals surface area (Å²) in [5.41, 5.74) is -0.188. The van der Waals surface area contributed by atoms with Gasteiger partial charge in [-0.05, 0) is 17.5 Å². The number of benzene rings is 1. The fourth-order valence-electron chi connectivity index (χ4n) is 1.47. The van der Waals surface area contributed by atoms with Crippen LogP contribution in [-0.2, 0) is 0 Å². The summed E-state index contributed by atoms with van der Waals surface area (Å²) in [5.74, 6) is 6.21. The number of nitrogens with zero attached hydrogens (tertiary/aromatic N) is 1. The predicted molar refractivity (Wildman–Crippen MR) is 57.9 cm³/mol. The van der Waals surface area contributed by atoms with Crippen molar-refractivity contribution in [2.75, 3.05) is 18.2 Å². The van der Waals surface area contributed by atoms with Crippen LogP contribution in [0.1, 0.15) is 0 Å². The number of rotatable bonds is 1. The number of aromatic nitrogens is 1. The lowest BCUT2D eigenvalue weighted by Crippen LogP contribution is -2.29. The van der Waals surface area contributed by atoms with Crippen LogP contribution in [0.5, 0.6) is 0 Å². The Balaban J connectivity index is 2.92.